The molecule has 7 heteroatoms. The molecule has 3 aromatic rings. The standard InChI is InChI=1S/C22H20N6O/c1-5-19(14(3)11-23)20(6-2)22(29)26-17-8-7-16-12-25-28(21(16)10-17)18-9-15(4)27-24-13-18/h6-10,12-13H,2-3,5H2,1,4H3,(H,26,29)/b20-19+. The first kappa shape index (κ1) is 19.7. The number of carbonyl (C=O) groups is 1. The number of rotatable bonds is 6. The molecule has 144 valence electrons. The second-order valence-corrected chi connectivity index (χ2v) is 6.38. The van der Waals surface area contributed by atoms with Gasteiger partial charge in [-0.2, -0.15) is 20.6 Å². The number of hydrogen-bond donors (Lipinski definition) is 1. The minimum atomic E-state index is -0.347. The first-order valence-electron chi connectivity index (χ1n) is 9.02. The van der Waals surface area contributed by atoms with E-state index in [0.717, 1.165) is 22.3 Å². The first-order chi connectivity index (χ1) is 14.0. The number of hydrogen-bond acceptors (Lipinski definition) is 5. The fourth-order valence-corrected chi connectivity index (χ4v) is 3.06. The van der Waals surface area contributed by atoms with Crippen LogP contribution in [-0.4, -0.2) is 25.9 Å². The first-order valence-corrected chi connectivity index (χ1v) is 9.02. The highest BCUT2D eigenvalue weighted by molar-refractivity contribution is 6.07. The van der Waals surface area contributed by atoms with E-state index in [4.69, 9.17) is 5.26 Å². The van der Waals surface area contributed by atoms with Crippen LogP contribution >= 0.6 is 0 Å². The Morgan fingerprint density at radius 1 is 1.34 bits per heavy atom. The van der Waals surface area contributed by atoms with Crippen LogP contribution in [0.4, 0.5) is 5.69 Å². The van der Waals surface area contributed by atoms with Crippen LogP contribution in [-0.2, 0) is 4.79 Å². The van der Waals surface area contributed by atoms with Crippen LogP contribution in [0.5, 0.6) is 0 Å². The van der Waals surface area contributed by atoms with Crippen LogP contribution in [0.2, 0.25) is 0 Å². The lowest BCUT2D eigenvalue weighted by Gasteiger charge is -2.11. The Kier molecular flexibility index (Phi) is 5.65. The average molecular weight is 384 g/mol. The predicted molar refractivity (Wildman–Crippen MR) is 112 cm³/mol. The van der Waals surface area contributed by atoms with Crippen molar-refractivity contribution in [2.75, 3.05) is 5.32 Å². The van der Waals surface area contributed by atoms with Crippen molar-refractivity contribution in [1.29, 1.82) is 5.26 Å². The van der Waals surface area contributed by atoms with Crippen molar-refractivity contribution in [1.82, 2.24) is 20.0 Å². The summed E-state index contributed by atoms with van der Waals surface area (Å²) < 4.78 is 1.74. The molecule has 3 rings (SSSR count). The maximum Gasteiger partial charge on any atom is 0.255 e. The molecule has 1 N–H and O–H groups in total. The predicted octanol–water partition coefficient (Wildman–Crippen LogP) is 4.03. The molecule has 2 heterocycles. The second kappa shape index (κ2) is 8.31. The number of carbonyl (C=O) groups excluding carboxylic acids is 1. The van der Waals surface area contributed by atoms with Gasteiger partial charge in [0.05, 0.1) is 35.4 Å². The Labute approximate surface area is 168 Å². The molecule has 0 saturated carbocycles. The van der Waals surface area contributed by atoms with Crippen molar-refractivity contribution in [3.05, 3.63) is 78.3 Å². The lowest BCUT2D eigenvalue weighted by Crippen LogP contribution is -2.15. The number of benzene rings is 1. The fraction of sp³-hybridized carbons (Fsp3) is 0.136. The summed E-state index contributed by atoms with van der Waals surface area (Å²) >= 11 is 0. The van der Waals surface area contributed by atoms with Crippen molar-refractivity contribution in [2.45, 2.75) is 20.3 Å². The number of amides is 1. The Morgan fingerprint density at radius 3 is 2.79 bits per heavy atom. The van der Waals surface area contributed by atoms with Gasteiger partial charge in [0.25, 0.3) is 5.91 Å². The van der Waals surface area contributed by atoms with E-state index in [1.54, 1.807) is 23.1 Å². The highest BCUT2D eigenvalue weighted by Crippen LogP contribution is 2.24. The number of aryl methyl sites for hydroxylation is 1. The van der Waals surface area contributed by atoms with Crippen LogP contribution in [0.25, 0.3) is 16.6 Å². The minimum Gasteiger partial charge on any atom is -0.322 e. The van der Waals surface area contributed by atoms with Crippen molar-refractivity contribution < 1.29 is 4.79 Å². The minimum absolute atomic E-state index is 0.256. The number of nitrogens with one attached hydrogen (secondary N) is 1. The quantitative estimate of drug-likeness (QED) is 0.393. The fourth-order valence-electron chi connectivity index (χ4n) is 3.06. The normalized spacial score (nSPS) is 11.5. The molecule has 0 fully saturated rings. The smallest absolute Gasteiger partial charge is 0.255 e. The summed E-state index contributed by atoms with van der Waals surface area (Å²) in [5, 5.41) is 25.3. The van der Waals surface area contributed by atoms with Crippen molar-refractivity contribution in [2.24, 2.45) is 0 Å². The van der Waals surface area contributed by atoms with Gasteiger partial charge < -0.3 is 5.32 Å². The number of allylic oxidation sites excluding steroid dienone is 2. The molecule has 29 heavy (non-hydrogen) atoms. The van der Waals surface area contributed by atoms with Gasteiger partial charge in [-0.1, -0.05) is 26.2 Å². The molecule has 0 unspecified atom stereocenters. The van der Waals surface area contributed by atoms with Gasteiger partial charge >= 0.3 is 0 Å². The average Bonchev–Trinajstić information content (AvgIpc) is 3.14. The van der Waals surface area contributed by atoms with E-state index in [2.05, 4.69) is 33.8 Å². The Bertz CT molecular complexity index is 1200. The molecule has 0 aliphatic carbocycles. The van der Waals surface area contributed by atoms with Gasteiger partial charge in [-0.15, -0.1) is 0 Å². The van der Waals surface area contributed by atoms with E-state index in [0.29, 0.717) is 23.3 Å². The van der Waals surface area contributed by atoms with E-state index in [1.165, 1.54) is 6.08 Å². The summed E-state index contributed by atoms with van der Waals surface area (Å²) in [7, 11) is 0. The van der Waals surface area contributed by atoms with Crippen LogP contribution in [0.15, 0.2) is 72.6 Å². The zero-order valence-electron chi connectivity index (χ0n) is 16.3. The summed E-state index contributed by atoms with van der Waals surface area (Å²) in [6.45, 7) is 11.2. The largest absolute Gasteiger partial charge is 0.322 e. The topological polar surface area (TPSA) is 96.5 Å². The van der Waals surface area contributed by atoms with Crippen LogP contribution in [0.3, 0.4) is 0 Å². The summed E-state index contributed by atoms with van der Waals surface area (Å²) in [6.07, 6.45) is 5.33. The summed E-state index contributed by atoms with van der Waals surface area (Å²) in [5.74, 6) is -0.347. The third kappa shape index (κ3) is 3.96. The molecule has 7 nitrogen and oxygen atoms in total. The van der Waals surface area contributed by atoms with Gasteiger partial charge in [-0.05, 0) is 43.2 Å². The summed E-state index contributed by atoms with van der Waals surface area (Å²) in [5.41, 5.74) is 4.14. The molecular weight excluding hydrogens is 364 g/mol. The van der Waals surface area contributed by atoms with Gasteiger partial charge in [-0.25, -0.2) is 4.68 Å². The van der Waals surface area contributed by atoms with E-state index >= 15 is 0 Å². The molecule has 1 aromatic carbocycles. The zero-order valence-corrected chi connectivity index (χ0v) is 16.3. The van der Waals surface area contributed by atoms with Gasteiger partial charge in [0, 0.05) is 22.2 Å². The molecular formula is C22H20N6O. The Morgan fingerprint density at radius 2 is 2.14 bits per heavy atom. The van der Waals surface area contributed by atoms with Gasteiger partial charge in [0.1, 0.15) is 0 Å². The molecule has 0 aliphatic heterocycles. The van der Waals surface area contributed by atoms with E-state index in [1.807, 2.05) is 38.1 Å². The maximum atomic E-state index is 12.8. The number of fused-ring (bicyclic) bond motifs is 1. The highest BCUT2D eigenvalue weighted by Gasteiger charge is 2.15. The maximum absolute atomic E-state index is 12.8. The second-order valence-electron chi connectivity index (χ2n) is 6.38. The zero-order chi connectivity index (χ0) is 21.0. The van der Waals surface area contributed by atoms with Gasteiger partial charge in [0.2, 0.25) is 0 Å². The van der Waals surface area contributed by atoms with Crippen LogP contribution < -0.4 is 5.32 Å². The molecule has 0 saturated heterocycles. The van der Waals surface area contributed by atoms with Gasteiger partial charge in [0.15, 0.2) is 0 Å². The number of anilines is 1. The molecule has 0 atom stereocenters. The molecule has 1 amide bonds. The molecule has 0 bridgehead atoms. The molecule has 0 spiro atoms. The summed E-state index contributed by atoms with van der Waals surface area (Å²) in [4.78, 5) is 12.8. The number of nitriles is 1. The lowest BCUT2D eigenvalue weighted by molar-refractivity contribution is -0.112. The number of aromatic nitrogens is 4. The highest BCUT2D eigenvalue weighted by atomic mass is 16.1. The Balaban J connectivity index is 1.99. The van der Waals surface area contributed by atoms with Gasteiger partial charge in [-0.3, -0.25) is 4.79 Å². The number of nitrogens with zero attached hydrogens (tertiary/aromatic N) is 5. The van der Waals surface area contributed by atoms with E-state index in [-0.39, 0.29) is 11.5 Å². The molecule has 0 aliphatic rings. The van der Waals surface area contributed by atoms with Crippen molar-refractivity contribution in [3.8, 4) is 11.8 Å². The van der Waals surface area contributed by atoms with Crippen LogP contribution in [0.1, 0.15) is 19.0 Å². The molecule has 2 aromatic heterocycles. The molecule has 0 radical (unpaired) electrons. The van der Waals surface area contributed by atoms with E-state index in [9.17, 15) is 4.79 Å². The Hall–Kier alpha value is -4.05. The van der Waals surface area contributed by atoms with Crippen LogP contribution in [0, 0.1) is 18.3 Å². The lowest BCUT2D eigenvalue weighted by atomic mass is 9.98. The third-order valence-corrected chi connectivity index (χ3v) is 4.46. The van der Waals surface area contributed by atoms with E-state index < -0.39 is 0 Å². The van der Waals surface area contributed by atoms with Crippen molar-refractivity contribution in [3.63, 3.8) is 0 Å². The third-order valence-electron chi connectivity index (χ3n) is 4.46. The van der Waals surface area contributed by atoms with Crippen molar-refractivity contribution >= 4 is 22.5 Å². The SMILES string of the molecule is C=C/C(C(=O)Nc1ccc2cnn(-c3cnnc(C)c3)c2c1)=C(/CC)C(=C)C#N. The monoisotopic (exact) mass is 384 g/mol. The summed E-state index contributed by atoms with van der Waals surface area (Å²) in [6, 6.07) is 9.39.